The molecule has 8 aromatic carbocycles. The first-order valence-corrected chi connectivity index (χ1v) is 18.2. The average molecular weight is 690 g/mol. The van der Waals surface area contributed by atoms with E-state index in [0.717, 1.165) is 44.5 Å². The highest BCUT2D eigenvalue weighted by Gasteiger charge is 2.21. The lowest BCUT2D eigenvalue weighted by Gasteiger charge is -2.16. The molecule has 3 heterocycles. The van der Waals surface area contributed by atoms with Crippen molar-refractivity contribution in [3.63, 3.8) is 0 Å². The number of nitrogens with zero attached hydrogens (tertiary/aromatic N) is 5. The van der Waals surface area contributed by atoms with Crippen LogP contribution in [0.3, 0.4) is 0 Å². The van der Waals surface area contributed by atoms with Crippen molar-refractivity contribution in [3.05, 3.63) is 188 Å². The SMILES string of the molecule is c1ccc(-c2nc(-c3ccccc3)nc(-c3ccc4c(c3)c3ccccc3n4-c3cccc4c5ccccc5n(-c5cccc6ccccc56)c34)n2)cc1. The maximum atomic E-state index is 5.05. The predicted molar refractivity (Wildman–Crippen MR) is 222 cm³/mol. The minimum Gasteiger partial charge on any atom is -0.307 e. The molecule has 0 aliphatic heterocycles. The maximum absolute atomic E-state index is 5.05. The van der Waals surface area contributed by atoms with Crippen LogP contribution in [0.25, 0.3) is 99.9 Å². The Morgan fingerprint density at radius 1 is 0.296 bits per heavy atom. The first-order valence-electron chi connectivity index (χ1n) is 18.2. The Balaban J connectivity index is 1.18. The fraction of sp³-hybridized carbons (Fsp3) is 0. The number of rotatable bonds is 5. The van der Waals surface area contributed by atoms with Gasteiger partial charge in [-0.25, -0.2) is 15.0 Å². The second-order valence-corrected chi connectivity index (χ2v) is 13.6. The highest BCUT2D eigenvalue weighted by Crippen LogP contribution is 2.41. The Bertz CT molecular complexity index is 3150. The molecule has 0 fully saturated rings. The van der Waals surface area contributed by atoms with Crippen LogP contribution < -0.4 is 0 Å². The molecule has 0 spiro atoms. The molecule has 252 valence electrons. The smallest absolute Gasteiger partial charge is 0.164 e. The van der Waals surface area contributed by atoms with Crippen molar-refractivity contribution >= 4 is 54.4 Å². The third-order valence-electron chi connectivity index (χ3n) is 10.6. The maximum Gasteiger partial charge on any atom is 0.164 e. The molecule has 5 heteroatoms. The minimum atomic E-state index is 0.639. The van der Waals surface area contributed by atoms with E-state index in [9.17, 15) is 0 Å². The molecule has 0 bridgehead atoms. The molecule has 0 radical (unpaired) electrons. The number of hydrogen-bond donors (Lipinski definition) is 0. The first kappa shape index (κ1) is 30.3. The molecule has 0 amide bonds. The highest BCUT2D eigenvalue weighted by molar-refractivity contribution is 6.16. The third kappa shape index (κ3) is 4.69. The van der Waals surface area contributed by atoms with Crippen molar-refractivity contribution in [2.45, 2.75) is 0 Å². The number of aromatic nitrogens is 5. The van der Waals surface area contributed by atoms with Crippen molar-refractivity contribution < 1.29 is 0 Å². The van der Waals surface area contributed by atoms with Crippen molar-refractivity contribution in [3.8, 4) is 45.5 Å². The van der Waals surface area contributed by atoms with Gasteiger partial charge in [-0.15, -0.1) is 0 Å². The van der Waals surface area contributed by atoms with E-state index >= 15 is 0 Å². The topological polar surface area (TPSA) is 48.5 Å². The van der Waals surface area contributed by atoms with Gasteiger partial charge in [0.25, 0.3) is 0 Å². The standard InChI is InChI=1S/C49H31N5/c1-3-16-33(17-4-1)47-50-48(34-18-5-2-6-19-34)52-49(51-47)35-29-30-44-40(31-35)38-23-10-11-25-42(38)53(44)45-28-14-24-39-37-22-9-12-26-43(37)54(46(39)45)41-27-13-20-32-15-7-8-21-36(32)41/h1-31H. The Labute approximate surface area is 311 Å². The summed E-state index contributed by atoms with van der Waals surface area (Å²) in [4.78, 5) is 15.0. The summed E-state index contributed by atoms with van der Waals surface area (Å²) < 4.78 is 4.88. The summed E-state index contributed by atoms with van der Waals surface area (Å²) in [6, 6.07) is 66.3. The van der Waals surface area contributed by atoms with Crippen molar-refractivity contribution in [1.29, 1.82) is 0 Å². The van der Waals surface area contributed by atoms with Crippen molar-refractivity contribution in [2.24, 2.45) is 0 Å². The van der Waals surface area contributed by atoms with E-state index in [0.29, 0.717) is 17.5 Å². The van der Waals surface area contributed by atoms with E-state index in [2.05, 4.69) is 137 Å². The summed E-state index contributed by atoms with van der Waals surface area (Å²) in [6.07, 6.45) is 0. The van der Waals surface area contributed by atoms with Crippen LogP contribution in [-0.4, -0.2) is 24.1 Å². The Morgan fingerprint density at radius 2 is 0.778 bits per heavy atom. The van der Waals surface area contributed by atoms with Crippen LogP contribution in [0.1, 0.15) is 0 Å². The van der Waals surface area contributed by atoms with Crippen LogP contribution in [0.5, 0.6) is 0 Å². The van der Waals surface area contributed by atoms with Gasteiger partial charge in [-0.05, 0) is 47.9 Å². The molecule has 11 rings (SSSR count). The zero-order valence-corrected chi connectivity index (χ0v) is 29.1. The lowest BCUT2D eigenvalue weighted by atomic mass is 10.1. The molecule has 0 N–H and O–H groups in total. The molecule has 0 unspecified atom stereocenters. The Hall–Kier alpha value is -7.37. The molecule has 0 saturated heterocycles. The van der Waals surface area contributed by atoms with E-state index in [1.54, 1.807) is 0 Å². The van der Waals surface area contributed by atoms with Gasteiger partial charge in [0.2, 0.25) is 0 Å². The van der Waals surface area contributed by atoms with E-state index in [1.807, 2.05) is 60.7 Å². The van der Waals surface area contributed by atoms with Gasteiger partial charge in [0.1, 0.15) is 0 Å². The van der Waals surface area contributed by atoms with Gasteiger partial charge in [0.15, 0.2) is 17.5 Å². The lowest BCUT2D eigenvalue weighted by Crippen LogP contribution is -2.01. The van der Waals surface area contributed by atoms with E-state index in [1.165, 1.54) is 38.0 Å². The quantitative estimate of drug-likeness (QED) is 0.181. The van der Waals surface area contributed by atoms with Crippen LogP contribution in [0, 0.1) is 0 Å². The molecular formula is C49H31N5. The number of hydrogen-bond acceptors (Lipinski definition) is 3. The minimum absolute atomic E-state index is 0.639. The molecule has 0 saturated carbocycles. The summed E-state index contributed by atoms with van der Waals surface area (Å²) >= 11 is 0. The van der Waals surface area contributed by atoms with Gasteiger partial charge >= 0.3 is 0 Å². The van der Waals surface area contributed by atoms with Gasteiger partial charge in [-0.3, -0.25) is 0 Å². The summed E-state index contributed by atoms with van der Waals surface area (Å²) in [7, 11) is 0. The number of fused-ring (bicyclic) bond motifs is 7. The van der Waals surface area contributed by atoms with Crippen LogP contribution in [0.15, 0.2) is 188 Å². The zero-order valence-electron chi connectivity index (χ0n) is 29.1. The number of benzene rings is 8. The molecular weight excluding hydrogens is 659 g/mol. The van der Waals surface area contributed by atoms with E-state index < -0.39 is 0 Å². The molecule has 11 aromatic rings. The molecule has 54 heavy (non-hydrogen) atoms. The largest absolute Gasteiger partial charge is 0.307 e. The third-order valence-corrected chi connectivity index (χ3v) is 10.6. The van der Waals surface area contributed by atoms with Crippen molar-refractivity contribution in [1.82, 2.24) is 24.1 Å². The van der Waals surface area contributed by atoms with Gasteiger partial charge in [0, 0.05) is 43.6 Å². The Kier molecular flexibility index (Phi) is 6.79. The Morgan fingerprint density at radius 3 is 1.48 bits per heavy atom. The predicted octanol–water partition coefficient (Wildman–Crippen LogP) is 12.2. The summed E-state index contributed by atoms with van der Waals surface area (Å²) in [5, 5.41) is 7.17. The monoisotopic (exact) mass is 689 g/mol. The van der Waals surface area contributed by atoms with Gasteiger partial charge in [0.05, 0.1) is 33.4 Å². The molecule has 5 nitrogen and oxygen atoms in total. The zero-order chi connectivity index (χ0) is 35.6. The highest BCUT2D eigenvalue weighted by atomic mass is 15.1. The normalized spacial score (nSPS) is 11.7. The van der Waals surface area contributed by atoms with Gasteiger partial charge in [-0.1, -0.05) is 146 Å². The number of para-hydroxylation sites is 3. The molecule has 0 atom stereocenters. The van der Waals surface area contributed by atoms with E-state index in [4.69, 9.17) is 15.0 Å². The molecule has 3 aromatic heterocycles. The second kappa shape index (κ2) is 12.1. The van der Waals surface area contributed by atoms with Crippen molar-refractivity contribution in [2.75, 3.05) is 0 Å². The van der Waals surface area contributed by atoms with Gasteiger partial charge < -0.3 is 9.13 Å². The first-order chi connectivity index (χ1) is 26.8. The van der Waals surface area contributed by atoms with Crippen LogP contribution in [0.4, 0.5) is 0 Å². The molecule has 0 aliphatic carbocycles. The van der Waals surface area contributed by atoms with Crippen LogP contribution >= 0.6 is 0 Å². The summed E-state index contributed by atoms with van der Waals surface area (Å²) in [5.41, 5.74) is 9.71. The van der Waals surface area contributed by atoms with E-state index in [-0.39, 0.29) is 0 Å². The van der Waals surface area contributed by atoms with Gasteiger partial charge in [-0.2, -0.15) is 0 Å². The lowest BCUT2D eigenvalue weighted by molar-refractivity contribution is 1.07. The fourth-order valence-electron chi connectivity index (χ4n) is 8.14. The fourth-order valence-corrected chi connectivity index (χ4v) is 8.14. The molecule has 0 aliphatic rings. The average Bonchev–Trinajstić information content (AvgIpc) is 3.77. The summed E-state index contributed by atoms with van der Waals surface area (Å²) in [6.45, 7) is 0. The van der Waals surface area contributed by atoms with Crippen LogP contribution in [0.2, 0.25) is 0 Å². The second-order valence-electron chi connectivity index (χ2n) is 13.6. The van der Waals surface area contributed by atoms with Crippen LogP contribution in [-0.2, 0) is 0 Å². The summed E-state index contributed by atoms with van der Waals surface area (Å²) in [5.74, 6) is 1.93.